The minimum atomic E-state index is -4.77. The van der Waals surface area contributed by atoms with Crippen molar-refractivity contribution in [3.05, 3.63) is 215 Å². The van der Waals surface area contributed by atoms with Gasteiger partial charge in [0.15, 0.2) is 15.9 Å². The van der Waals surface area contributed by atoms with Crippen LogP contribution in [0.25, 0.3) is 0 Å². The molecule has 7 rings (SSSR count). The van der Waals surface area contributed by atoms with E-state index in [4.69, 9.17) is 0 Å². The van der Waals surface area contributed by atoms with Gasteiger partial charge in [-0.3, -0.25) is 4.79 Å². The van der Waals surface area contributed by atoms with Crippen LogP contribution in [-0.4, -0.2) is 31.8 Å². The Balaban J connectivity index is 0.000000243. The van der Waals surface area contributed by atoms with Gasteiger partial charge < -0.3 is 4.90 Å². The van der Waals surface area contributed by atoms with E-state index in [2.05, 4.69) is 11.2 Å². The van der Waals surface area contributed by atoms with Crippen molar-refractivity contribution < 1.29 is 61.7 Å². The van der Waals surface area contributed by atoms with E-state index in [1.54, 1.807) is 24.3 Å². The van der Waals surface area contributed by atoms with Crippen LogP contribution in [0, 0.1) is 11.2 Å². The normalized spacial score (nSPS) is 13.0. The lowest BCUT2D eigenvalue weighted by molar-refractivity contribution is -0.138. The molecule has 0 bridgehead atoms. The van der Waals surface area contributed by atoms with E-state index in [1.165, 1.54) is 0 Å². The van der Waals surface area contributed by atoms with E-state index < -0.39 is 63.0 Å². The third kappa shape index (κ3) is 12.2. The smallest absolute Gasteiger partial charge is 0.378 e. The topological polar surface area (TPSA) is 37.4 Å². The molecule has 0 saturated carbocycles. The number of halogens is 12. The van der Waals surface area contributed by atoms with Gasteiger partial charge in [-0.1, -0.05) is 138 Å². The molecule has 69 heavy (non-hydrogen) atoms. The Hall–Kier alpha value is -7.06. The molecule has 0 saturated heterocycles. The largest absolute Gasteiger partial charge is 0.416 e. The van der Waals surface area contributed by atoms with Crippen molar-refractivity contribution in [2.75, 3.05) is 24.7 Å². The van der Waals surface area contributed by atoms with E-state index in [0.29, 0.717) is 59.0 Å². The fraction of sp³-hybridized carbons (Fsp3) is 0.135. The third-order valence-corrected chi connectivity index (χ3v) is 13.4. The molecule has 0 aliphatic heterocycles. The molecule has 1 atom stereocenters. The van der Waals surface area contributed by atoms with Gasteiger partial charge in [-0.25, -0.2) is 0 Å². The maximum absolute atomic E-state index is 13.7. The Kier molecular flexibility index (Phi) is 15.1. The number of alkyl halides is 12. The van der Waals surface area contributed by atoms with Gasteiger partial charge in [0.25, 0.3) is 0 Å². The Bertz CT molecular complexity index is 2710. The Morgan fingerprint density at radius 2 is 0.783 bits per heavy atom. The van der Waals surface area contributed by atoms with E-state index in [0.717, 1.165) is 59.8 Å². The predicted molar refractivity (Wildman–Crippen MR) is 246 cm³/mol. The Morgan fingerprint density at radius 1 is 0.464 bits per heavy atom. The number of benzene rings is 7. The summed E-state index contributed by atoms with van der Waals surface area (Å²) in [7, 11) is 1.02. The number of Topliss-reactive ketones (excluding diaryl/α,β-unsaturated/α-hetero) is 1. The fourth-order valence-electron chi connectivity index (χ4n) is 7.69. The molecule has 3 nitrogen and oxygen atoms in total. The molecule has 0 aliphatic carbocycles. The maximum Gasteiger partial charge on any atom is 0.416 e. The first kappa shape index (κ1) is 51.3. The standard InChI is InChI=1S/C28H16BF12.C24H22NO2S/c30-25(31,32)17-1-9-21(10-2-17)29(22-11-3-18(4-12-22)26(33,34)35,23-13-5-19(6-14-23)27(36,37)38)24-15-7-20(8-16-24)28(39,40)41;1-25(2)22-15-13-21(14-16-22)24(26)19-28(27,23-11-7-4-8-12-23)18-17-20-9-5-3-6-10-20/h1-16H;3-16H,19H2,1-2H3/q-1;+1. The molecule has 356 valence electrons. The highest BCUT2D eigenvalue weighted by Crippen LogP contribution is 2.33. The minimum Gasteiger partial charge on any atom is -0.378 e. The lowest BCUT2D eigenvalue weighted by atomic mass is 9.13. The molecule has 0 N–H and O–H groups in total. The predicted octanol–water partition coefficient (Wildman–Crippen LogP) is 11.6. The summed E-state index contributed by atoms with van der Waals surface area (Å²) in [5.74, 6) is 2.66. The van der Waals surface area contributed by atoms with Crippen molar-refractivity contribution in [2.45, 2.75) is 29.6 Å². The monoisotopic (exact) mass is 979 g/mol. The average molecular weight is 980 g/mol. The molecule has 17 heteroatoms. The van der Waals surface area contributed by atoms with E-state index in [1.807, 2.05) is 79.7 Å². The van der Waals surface area contributed by atoms with Gasteiger partial charge in [-0.2, -0.15) is 74.5 Å². The molecule has 1 unspecified atom stereocenters. The number of anilines is 1. The van der Waals surface area contributed by atoms with Crippen molar-refractivity contribution in [3.63, 3.8) is 0 Å². The lowest BCUT2D eigenvalue weighted by Gasteiger charge is -2.44. The second-order valence-corrected chi connectivity index (χ2v) is 18.3. The van der Waals surface area contributed by atoms with Crippen LogP contribution < -0.4 is 26.8 Å². The quantitative estimate of drug-likeness (QED) is 0.0476. The van der Waals surface area contributed by atoms with Crippen molar-refractivity contribution in [1.29, 1.82) is 0 Å². The maximum atomic E-state index is 13.7. The van der Waals surface area contributed by atoms with Crippen molar-refractivity contribution in [1.82, 2.24) is 0 Å². The first-order valence-corrected chi connectivity index (χ1v) is 22.4. The first-order valence-electron chi connectivity index (χ1n) is 20.6. The summed E-state index contributed by atoms with van der Waals surface area (Å²) in [6, 6.07) is 39.3. The number of nitrogens with zero attached hydrogens (tertiary/aromatic N) is 1. The van der Waals surface area contributed by atoms with Crippen LogP contribution in [-0.2, 0) is 38.8 Å². The molecule has 0 fully saturated rings. The Labute approximate surface area is 390 Å². The average Bonchev–Trinajstić information content (AvgIpc) is 3.31. The van der Waals surface area contributed by atoms with Gasteiger partial charge in [0, 0.05) is 30.9 Å². The highest BCUT2D eigenvalue weighted by Gasteiger charge is 2.39. The number of rotatable bonds is 9. The lowest BCUT2D eigenvalue weighted by Crippen LogP contribution is -2.74. The zero-order chi connectivity index (χ0) is 50.4. The second kappa shape index (κ2) is 20.3. The molecule has 7 aromatic rings. The van der Waals surface area contributed by atoms with Crippen molar-refractivity contribution in [3.8, 4) is 11.2 Å². The summed E-state index contributed by atoms with van der Waals surface area (Å²) in [5, 5.41) is 2.91. The van der Waals surface area contributed by atoms with Crippen molar-refractivity contribution >= 4 is 49.4 Å². The molecule has 0 radical (unpaired) electrons. The van der Waals surface area contributed by atoms with E-state index in [9.17, 15) is 61.7 Å². The highest BCUT2D eigenvalue weighted by atomic mass is 32.2. The molecule has 0 aliphatic rings. The van der Waals surface area contributed by atoms with Crippen LogP contribution in [0.15, 0.2) is 187 Å². The van der Waals surface area contributed by atoms with Crippen LogP contribution in [0.3, 0.4) is 0 Å². The molecule has 0 spiro atoms. The van der Waals surface area contributed by atoms with Gasteiger partial charge in [-0.15, -0.1) is 0 Å². The Morgan fingerprint density at radius 3 is 1.09 bits per heavy atom. The number of carbonyl (C=O) groups excluding carboxylic acids is 1. The molecule has 0 aromatic heterocycles. The van der Waals surface area contributed by atoms with E-state index in [-0.39, 0.29) is 33.4 Å². The number of hydrogen-bond donors (Lipinski definition) is 0. The van der Waals surface area contributed by atoms with Crippen LogP contribution >= 0.6 is 0 Å². The highest BCUT2D eigenvalue weighted by molar-refractivity contribution is 8.07. The van der Waals surface area contributed by atoms with Gasteiger partial charge in [-0.05, 0) is 54.5 Å². The van der Waals surface area contributed by atoms with Crippen molar-refractivity contribution in [2.24, 2.45) is 0 Å². The SMILES string of the molecule is CN(C)c1ccc(C(=O)C[S+](=O)(C#Cc2ccccc2)c2ccccc2)cc1.FC(F)(F)c1ccc([B-](c2ccc(C(F)(F)F)cc2)(c2ccc(C(F)(F)F)cc2)c2ccc(C(F)(F)F)cc2)cc1. The molecule has 7 aromatic carbocycles. The van der Waals surface area contributed by atoms with Gasteiger partial charge in [0.05, 0.1) is 22.3 Å². The fourth-order valence-corrected chi connectivity index (χ4v) is 9.46. The summed E-state index contributed by atoms with van der Waals surface area (Å²) in [5.41, 5.74) is -1.98. The zero-order valence-corrected chi connectivity index (χ0v) is 37.1. The summed E-state index contributed by atoms with van der Waals surface area (Å²) in [6.07, 6.45) is -22.0. The first-order chi connectivity index (χ1) is 32.3. The van der Waals surface area contributed by atoms with Crippen LogP contribution in [0.4, 0.5) is 58.4 Å². The van der Waals surface area contributed by atoms with Gasteiger partial charge >= 0.3 is 24.7 Å². The van der Waals surface area contributed by atoms with Crippen LogP contribution in [0.1, 0.15) is 38.2 Å². The third-order valence-electron chi connectivity index (χ3n) is 11.3. The molecular formula is C52H38BF12NO2S. The molecule has 0 amide bonds. The zero-order valence-electron chi connectivity index (χ0n) is 36.3. The van der Waals surface area contributed by atoms with Gasteiger partial charge in [0.2, 0.25) is 15.7 Å². The van der Waals surface area contributed by atoms with E-state index >= 15 is 0 Å². The number of hydrogen-bond acceptors (Lipinski definition) is 3. The van der Waals surface area contributed by atoms with Crippen LogP contribution in [0.5, 0.6) is 0 Å². The van der Waals surface area contributed by atoms with Crippen LogP contribution in [0.2, 0.25) is 0 Å². The number of ketones is 1. The minimum absolute atomic E-state index is 0.0114. The summed E-state index contributed by atoms with van der Waals surface area (Å²) >= 11 is 0. The summed E-state index contributed by atoms with van der Waals surface area (Å²) < 4.78 is 174. The summed E-state index contributed by atoms with van der Waals surface area (Å²) in [6.45, 7) is 0. The molecule has 0 heterocycles. The number of carbonyl (C=O) groups is 1. The van der Waals surface area contributed by atoms with Gasteiger partial charge in [0.1, 0.15) is 6.15 Å². The second-order valence-electron chi connectivity index (χ2n) is 15.9. The molecular weight excluding hydrogens is 941 g/mol. The summed E-state index contributed by atoms with van der Waals surface area (Å²) in [4.78, 5) is 15.4.